The quantitative estimate of drug-likeness (QED) is 0.720. The molecular weight excluding hydrogens is 350 g/mol. The summed E-state index contributed by atoms with van der Waals surface area (Å²) in [4.78, 5) is 0.184. The van der Waals surface area contributed by atoms with Crippen LogP contribution in [0, 0.1) is 0 Å². The van der Waals surface area contributed by atoms with Crippen molar-refractivity contribution in [3.63, 3.8) is 0 Å². The highest BCUT2D eigenvalue weighted by atomic mass is 32.2. The van der Waals surface area contributed by atoms with Gasteiger partial charge in [0.05, 0.1) is 4.90 Å². The summed E-state index contributed by atoms with van der Waals surface area (Å²) in [7, 11) is -2.15. The van der Waals surface area contributed by atoms with Gasteiger partial charge in [-0.3, -0.25) is 0 Å². The topological polar surface area (TPSA) is 77.8 Å². The Hall–Kier alpha value is -2.83. The van der Waals surface area contributed by atoms with Crippen LogP contribution in [0.5, 0.6) is 11.5 Å². The van der Waals surface area contributed by atoms with E-state index in [1.807, 2.05) is 6.07 Å². The highest BCUT2D eigenvalue weighted by Crippen LogP contribution is 2.25. The molecule has 0 spiro atoms. The second-order valence-corrected chi connectivity index (χ2v) is 8.05. The number of hydrogen-bond acceptors (Lipinski definition) is 4. The van der Waals surface area contributed by atoms with Gasteiger partial charge in [0.1, 0.15) is 11.5 Å². The van der Waals surface area contributed by atoms with Gasteiger partial charge in [-0.15, -0.1) is 0 Å². The molecule has 2 N–H and O–H groups in total. The molecule has 0 aromatic heterocycles. The van der Waals surface area contributed by atoms with Crippen LogP contribution in [0.15, 0.2) is 77.7 Å². The average molecular weight is 369 g/mol. The van der Waals surface area contributed by atoms with Crippen molar-refractivity contribution < 1.29 is 18.6 Å². The maximum atomic E-state index is 12.7. The molecule has 5 nitrogen and oxygen atoms in total. The van der Waals surface area contributed by atoms with Crippen molar-refractivity contribution in [3.8, 4) is 22.6 Å². The van der Waals surface area contributed by atoms with Gasteiger partial charge in [-0.05, 0) is 53.1 Å². The molecule has 0 atom stereocenters. The van der Waals surface area contributed by atoms with E-state index in [0.717, 1.165) is 11.1 Å². The Morgan fingerprint density at radius 3 is 2.04 bits per heavy atom. The van der Waals surface area contributed by atoms with E-state index >= 15 is 0 Å². The van der Waals surface area contributed by atoms with E-state index in [1.54, 1.807) is 54.6 Å². The number of phenolic OH excluding ortho intramolecular Hbond substituents is 2. The van der Waals surface area contributed by atoms with E-state index in [9.17, 15) is 18.6 Å². The van der Waals surface area contributed by atoms with Gasteiger partial charge in [0, 0.05) is 13.6 Å². The molecule has 0 unspecified atom stereocenters. The highest BCUT2D eigenvalue weighted by molar-refractivity contribution is 7.89. The van der Waals surface area contributed by atoms with Gasteiger partial charge < -0.3 is 10.2 Å². The number of sulfonamides is 1. The first-order valence-corrected chi connectivity index (χ1v) is 9.44. The molecule has 0 fully saturated rings. The molecule has 26 heavy (non-hydrogen) atoms. The third-order valence-electron chi connectivity index (χ3n) is 4.06. The number of hydrogen-bond donors (Lipinski definition) is 2. The summed E-state index contributed by atoms with van der Waals surface area (Å²) in [6.45, 7) is 0.158. The predicted octanol–water partition coefficient (Wildman–Crippen LogP) is 3.59. The minimum Gasteiger partial charge on any atom is -0.508 e. The first-order valence-electron chi connectivity index (χ1n) is 8.00. The molecule has 0 aliphatic rings. The van der Waals surface area contributed by atoms with Crippen LogP contribution in [0.1, 0.15) is 5.56 Å². The summed E-state index contributed by atoms with van der Waals surface area (Å²) in [6.07, 6.45) is 0. The maximum absolute atomic E-state index is 12.7. The van der Waals surface area contributed by atoms with Crippen molar-refractivity contribution in [2.75, 3.05) is 7.05 Å². The van der Waals surface area contributed by atoms with Crippen LogP contribution in [-0.2, 0) is 16.6 Å². The fraction of sp³-hybridized carbons (Fsp3) is 0.100. The van der Waals surface area contributed by atoms with Gasteiger partial charge >= 0.3 is 0 Å². The van der Waals surface area contributed by atoms with E-state index in [0.29, 0.717) is 5.56 Å². The molecule has 0 aliphatic heterocycles. The van der Waals surface area contributed by atoms with E-state index in [-0.39, 0.29) is 22.9 Å². The Balaban J connectivity index is 1.82. The molecule has 3 aromatic rings. The Bertz CT molecular complexity index is 1010. The van der Waals surface area contributed by atoms with Crippen LogP contribution in [0.25, 0.3) is 11.1 Å². The van der Waals surface area contributed by atoms with Crippen molar-refractivity contribution in [3.05, 3.63) is 78.4 Å². The van der Waals surface area contributed by atoms with Crippen molar-refractivity contribution >= 4 is 10.0 Å². The maximum Gasteiger partial charge on any atom is 0.243 e. The normalized spacial score (nSPS) is 11.6. The predicted molar refractivity (Wildman–Crippen MR) is 100 cm³/mol. The molecule has 0 radical (unpaired) electrons. The number of rotatable bonds is 5. The smallest absolute Gasteiger partial charge is 0.243 e. The van der Waals surface area contributed by atoms with Gasteiger partial charge in [0.2, 0.25) is 10.0 Å². The van der Waals surface area contributed by atoms with Crippen molar-refractivity contribution in [1.82, 2.24) is 4.31 Å². The van der Waals surface area contributed by atoms with Crippen molar-refractivity contribution in [1.29, 1.82) is 0 Å². The molecule has 0 aliphatic carbocycles. The largest absolute Gasteiger partial charge is 0.508 e. The van der Waals surface area contributed by atoms with Gasteiger partial charge in [-0.1, -0.05) is 36.4 Å². The van der Waals surface area contributed by atoms with Gasteiger partial charge in [0.25, 0.3) is 0 Å². The molecule has 3 aromatic carbocycles. The number of phenols is 2. The standard InChI is InChI=1S/C20H19NO4S/c1-21(14-15-4-2-6-18(22)12-15)26(24,25)20-10-8-16(9-11-20)17-5-3-7-19(23)13-17/h2-13,22-23H,14H2,1H3. The van der Waals surface area contributed by atoms with Gasteiger partial charge in [0.15, 0.2) is 0 Å². The molecule has 0 saturated carbocycles. The van der Waals surface area contributed by atoms with Crippen LogP contribution in [0.4, 0.5) is 0 Å². The summed E-state index contributed by atoms with van der Waals surface area (Å²) in [5, 5.41) is 19.1. The summed E-state index contributed by atoms with van der Waals surface area (Å²) in [6, 6.07) is 19.8. The molecular formula is C20H19NO4S. The van der Waals surface area contributed by atoms with Gasteiger partial charge in [-0.25, -0.2) is 8.42 Å². The Kier molecular flexibility index (Phi) is 4.97. The Labute approximate surface area is 152 Å². The number of nitrogens with zero attached hydrogens (tertiary/aromatic N) is 1. The van der Waals surface area contributed by atoms with Gasteiger partial charge in [-0.2, -0.15) is 4.31 Å². The minimum atomic E-state index is -3.65. The molecule has 0 heterocycles. The average Bonchev–Trinajstić information content (AvgIpc) is 2.62. The number of benzene rings is 3. The van der Waals surface area contributed by atoms with Crippen LogP contribution in [-0.4, -0.2) is 30.0 Å². The van der Waals surface area contributed by atoms with E-state index in [4.69, 9.17) is 0 Å². The molecule has 6 heteroatoms. The lowest BCUT2D eigenvalue weighted by atomic mass is 10.1. The first kappa shape index (κ1) is 18.0. The second kappa shape index (κ2) is 7.19. The molecule has 3 rings (SSSR count). The summed E-state index contributed by atoms with van der Waals surface area (Å²) < 4.78 is 26.7. The summed E-state index contributed by atoms with van der Waals surface area (Å²) >= 11 is 0. The van der Waals surface area contributed by atoms with Crippen LogP contribution >= 0.6 is 0 Å². The van der Waals surface area contributed by atoms with E-state index in [1.165, 1.54) is 23.5 Å². The van der Waals surface area contributed by atoms with E-state index < -0.39 is 10.0 Å². The molecule has 0 amide bonds. The lowest BCUT2D eigenvalue weighted by Crippen LogP contribution is -2.26. The Morgan fingerprint density at radius 2 is 1.42 bits per heavy atom. The molecule has 134 valence electrons. The van der Waals surface area contributed by atoms with E-state index in [2.05, 4.69) is 0 Å². The van der Waals surface area contributed by atoms with Crippen LogP contribution < -0.4 is 0 Å². The third-order valence-corrected chi connectivity index (χ3v) is 5.88. The fourth-order valence-corrected chi connectivity index (χ4v) is 3.84. The summed E-state index contributed by atoms with van der Waals surface area (Å²) in [5.74, 6) is 0.258. The zero-order chi connectivity index (χ0) is 18.7. The third kappa shape index (κ3) is 3.87. The molecule has 0 saturated heterocycles. The lowest BCUT2D eigenvalue weighted by molar-refractivity contribution is 0.458. The molecule has 0 bridgehead atoms. The van der Waals surface area contributed by atoms with Crippen LogP contribution in [0.3, 0.4) is 0 Å². The SMILES string of the molecule is CN(Cc1cccc(O)c1)S(=O)(=O)c1ccc(-c2cccc(O)c2)cc1. The van der Waals surface area contributed by atoms with Crippen molar-refractivity contribution in [2.45, 2.75) is 11.4 Å². The zero-order valence-electron chi connectivity index (χ0n) is 14.2. The summed E-state index contributed by atoms with van der Waals surface area (Å²) in [5.41, 5.74) is 2.32. The monoisotopic (exact) mass is 369 g/mol. The fourth-order valence-electron chi connectivity index (χ4n) is 2.68. The number of aromatic hydroxyl groups is 2. The zero-order valence-corrected chi connectivity index (χ0v) is 15.0. The highest BCUT2D eigenvalue weighted by Gasteiger charge is 2.21. The minimum absolute atomic E-state index is 0.101. The van der Waals surface area contributed by atoms with Crippen molar-refractivity contribution in [2.24, 2.45) is 0 Å². The second-order valence-electron chi connectivity index (χ2n) is 6.01. The Morgan fingerprint density at radius 1 is 0.808 bits per heavy atom. The van der Waals surface area contributed by atoms with Crippen LogP contribution in [0.2, 0.25) is 0 Å². The first-order chi connectivity index (χ1) is 12.4. The lowest BCUT2D eigenvalue weighted by Gasteiger charge is -2.17.